The SMILES string of the molecule is Cc1cccc(CNC(=O)[C@@]2(C)Cn3nc(-c4cccs4)cc3C(=O)N2Cc2ccc(Cl)cc2)c1. The average molecular weight is 505 g/mol. The molecule has 0 radical (unpaired) electrons. The fraction of sp³-hybridized carbons (Fsp3) is 0.222. The third kappa shape index (κ3) is 4.61. The fourth-order valence-corrected chi connectivity index (χ4v) is 5.21. The maximum atomic E-state index is 13.8. The number of nitrogens with zero attached hydrogens (tertiary/aromatic N) is 3. The van der Waals surface area contributed by atoms with Crippen LogP contribution < -0.4 is 5.32 Å². The highest BCUT2D eigenvalue weighted by Gasteiger charge is 2.48. The van der Waals surface area contributed by atoms with Gasteiger partial charge in [0.1, 0.15) is 16.9 Å². The number of fused-ring (bicyclic) bond motifs is 1. The van der Waals surface area contributed by atoms with E-state index in [0.29, 0.717) is 17.3 Å². The molecule has 1 aliphatic heterocycles. The van der Waals surface area contributed by atoms with E-state index in [2.05, 4.69) is 10.4 Å². The molecule has 6 nitrogen and oxygen atoms in total. The summed E-state index contributed by atoms with van der Waals surface area (Å²) in [5.41, 5.74) is 3.11. The molecule has 1 atom stereocenters. The number of amides is 2. The normalized spacial score (nSPS) is 17.3. The zero-order chi connectivity index (χ0) is 24.6. The molecule has 0 fully saturated rings. The van der Waals surface area contributed by atoms with Crippen LogP contribution in [-0.4, -0.2) is 32.0 Å². The molecule has 0 spiro atoms. The Morgan fingerprint density at radius 1 is 1.11 bits per heavy atom. The number of aryl methyl sites for hydroxylation is 1. The van der Waals surface area contributed by atoms with Gasteiger partial charge in [-0.2, -0.15) is 5.10 Å². The van der Waals surface area contributed by atoms with Gasteiger partial charge in [0.15, 0.2) is 0 Å². The van der Waals surface area contributed by atoms with Crippen molar-refractivity contribution in [2.24, 2.45) is 0 Å². The van der Waals surface area contributed by atoms with Gasteiger partial charge in [0.2, 0.25) is 5.91 Å². The smallest absolute Gasteiger partial charge is 0.273 e. The minimum atomic E-state index is -1.13. The zero-order valence-electron chi connectivity index (χ0n) is 19.5. The molecule has 178 valence electrons. The molecule has 0 bridgehead atoms. The van der Waals surface area contributed by atoms with Crippen LogP contribution in [0.3, 0.4) is 0 Å². The van der Waals surface area contributed by atoms with E-state index in [1.165, 1.54) is 0 Å². The minimum absolute atomic E-state index is 0.222. The topological polar surface area (TPSA) is 67.2 Å². The number of hydrogen-bond acceptors (Lipinski definition) is 4. The summed E-state index contributed by atoms with van der Waals surface area (Å²) in [5, 5.41) is 10.3. The quantitative estimate of drug-likeness (QED) is 0.387. The standard InChI is InChI=1S/C27H25ClN4O2S/c1-18-5-3-6-20(13-18)15-29-26(34)27(2)17-32-23(14-22(30-32)24-7-4-12-35-24)25(33)31(27)16-19-8-10-21(28)11-9-19/h3-14H,15-17H2,1-2H3,(H,29,34)/t27-/m1/s1. The monoisotopic (exact) mass is 504 g/mol. The molecule has 0 saturated carbocycles. The van der Waals surface area contributed by atoms with Gasteiger partial charge in [-0.15, -0.1) is 11.3 Å². The molecule has 1 N–H and O–H groups in total. The van der Waals surface area contributed by atoms with Crippen molar-refractivity contribution in [1.82, 2.24) is 20.0 Å². The van der Waals surface area contributed by atoms with Crippen molar-refractivity contribution in [3.05, 3.63) is 99.5 Å². The zero-order valence-corrected chi connectivity index (χ0v) is 21.1. The van der Waals surface area contributed by atoms with Crippen LogP contribution in [0, 0.1) is 6.92 Å². The average Bonchev–Trinajstić information content (AvgIpc) is 3.51. The van der Waals surface area contributed by atoms with Crippen LogP contribution in [0.15, 0.2) is 72.1 Å². The van der Waals surface area contributed by atoms with E-state index < -0.39 is 5.54 Å². The molecular weight excluding hydrogens is 480 g/mol. The van der Waals surface area contributed by atoms with E-state index >= 15 is 0 Å². The summed E-state index contributed by atoms with van der Waals surface area (Å²) in [5.74, 6) is -0.449. The summed E-state index contributed by atoms with van der Waals surface area (Å²) in [6, 6.07) is 21.1. The summed E-state index contributed by atoms with van der Waals surface area (Å²) in [6.07, 6.45) is 0. The van der Waals surface area contributed by atoms with Crippen LogP contribution in [0.1, 0.15) is 34.1 Å². The number of nitrogens with one attached hydrogen (secondary N) is 1. The third-order valence-electron chi connectivity index (χ3n) is 6.35. The molecule has 1 aliphatic rings. The van der Waals surface area contributed by atoms with E-state index in [0.717, 1.165) is 27.3 Å². The van der Waals surface area contributed by atoms with Crippen molar-refractivity contribution in [3.8, 4) is 10.6 Å². The van der Waals surface area contributed by atoms with Gasteiger partial charge in [0.05, 0.1) is 11.4 Å². The lowest BCUT2D eigenvalue weighted by atomic mass is 9.94. The highest BCUT2D eigenvalue weighted by atomic mass is 35.5. The lowest BCUT2D eigenvalue weighted by molar-refractivity contribution is -0.133. The third-order valence-corrected chi connectivity index (χ3v) is 7.49. The first-order valence-electron chi connectivity index (χ1n) is 11.4. The van der Waals surface area contributed by atoms with Crippen molar-refractivity contribution in [3.63, 3.8) is 0 Å². The highest BCUT2D eigenvalue weighted by Crippen LogP contribution is 2.32. The Morgan fingerprint density at radius 3 is 2.63 bits per heavy atom. The van der Waals surface area contributed by atoms with Crippen LogP contribution in [0.25, 0.3) is 10.6 Å². The first-order chi connectivity index (χ1) is 16.8. The van der Waals surface area contributed by atoms with Crippen LogP contribution in [0.4, 0.5) is 0 Å². The van der Waals surface area contributed by atoms with Crippen molar-refractivity contribution >= 4 is 34.8 Å². The molecular formula is C27H25ClN4O2S. The molecule has 0 unspecified atom stereocenters. The highest BCUT2D eigenvalue weighted by molar-refractivity contribution is 7.13. The summed E-state index contributed by atoms with van der Waals surface area (Å²) >= 11 is 7.63. The van der Waals surface area contributed by atoms with Gasteiger partial charge in [0, 0.05) is 18.1 Å². The van der Waals surface area contributed by atoms with Gasteiger partial charge < -0.3 is 10.2 Å². The molecule has 2 amide bonds. The number of carbonyl (C=O) groups excluding carboxylic acids is 2. The predicted molar refractivity (Wildman–Crippen MR) is 138 cm³/mol. The van der Waals surface area contributed by atoms with Gasteiger partial charge in [-0.1, -0.05) is 59.6 Å². The largest absolute Gasteiger partial charge is 0.350 e. The molecule has 0 aliphatic carbocycles. The first-order valence-corrected chi connectivity index (χ1v) is 12.6. The van der Waals surface area contributed by atoms with Crippen molar-refractivity contribution < 1.29 is 9.59 Å². The number of rotatable bonds is 6. The van der Waals surface area contributed by atoms with Crippen LogP contribution >= 0.6 is 22.9 Å². The van der Waals surface area contributed by atoms with E-state index in [1.807, 2.05) is 73.8 Å². The Labute approximate surface area is 213 Å². The number of halogens is 1. The van der Waals surface area contributed by atoms with Crippen molar-refractivity contribution in [2.45, 2.75) is 39.0 Å². The molecule has 3 heterocycles. The van der Waals surface area contributed by atoms with Crippen LogP contribution in [-0.2, 0) is 24.4 Å². The summed E-state index contributed by atoms with van der Waals surface area (Å²) in [6.45, 7) is 4.74. The lowest BCUT2D eigenvalue weighted by Crippen LogP contribution is -2.63. The molecule has 2 aromatic heterocycles. The molecule has 2 aromatic carbocycles. The van der Waals surface area contributed by atoms with Crippen LogP contribution in [0.5, 0.6) is 0 Å². The Balaban J connectivity index is 1.48. The maximum absolute atomic E-state index is 13.8. The number of benzene rings is 2. The Bertz CT molecular complexity index is 1380. The minimum Gasteiger partial charge on any atom is -0.350 e. The van der Waals surface area contributed by atoms with Crippen molar-refractivity contribution in [1.29, 1.82) is 0 Å². The molecule has 4 aromatic rings. The number of thiophene rings is 1. The second-order valence-corrected chi connectivity index (χ2v) is 10.4. The first kappa shape index (κ1) is 23.3. The molecule has 8 heteroatoms. The fourth-order valence-electron chi connectivity index (χ4n) is 4.40. The van der Waals surface area contributed by atoms with E-state index in [-0.39, 0.29) is 24.9 Å². The van der Waals surface area contributed by atoms with E-state index in [9.17, 15) is 9.59 Å². The number of carbonyl (C=O) groups is 2. The van der Waals surface area contributed by atoms with Gasteiger partial charge in [0.25, 0.3) is 5.91 Å². The summed E-state index contributed by atoms with van der Waals surface area (Å²) < 4.78 is 1.67. The summed E-state index contributed by atoms with van der Waals surface area (Å²) in [4.78, 5) is 30.1. The predicted octanol–water partition coefficient (Wildman–Crippen LogP) is 5.30. The van der Waals surface area contributed by atoms with Gasteiger partial charge in [-0.3, -0.25) is 14.3 Å². The lowest BCUT2D eigenvalue weighted by Gasteiger charge is -2.43. The van der Waals surface area contributed by atoms with Crippen LogP contribution in [0.2, 0.25) is 5.02 Å². The van der Waals surface area contributed by atoms with E-state index in [4.69, 9.17) is 11.6 Å². The Hall–Kier alpha value is -3.42. The van der Waals surface area contributed by atoms with E-state index in [1.54, 1.807) is 33.1 Å². The van der Waals surface area contributed by atoms with Gasteiger partial charge >= 0.3 is 0 Å². The molecule has 5 rings (SSSR count). The Morgan fingerprint density at radius 2 is 1.91 bits per heavy atom. The van der Waals surface area contributed by atoms with Gasteiger partial charge in [-0.25, -0.2) is 0 Å². The number of hydrogen-bond donors (Lipinski definition) is 1. The molecule has 35 heavy (non-hydrogen) atoms. The second kappa shape index (κ2) is 9.32. The second-order valence-electron chi connectivity index (χ2n) is 9.01. The number of aromatic nitrogens is 2. The summed E-state index contributed by atoms with van der Waals surface area (Å²) in [7, 11) is 0. The van der Waals surface area contributed by atoms with Crippen molar-refractivity contribution in [2.75, 3.05) is 0 Å². The maximum Gasteiger partial charge on any atom is 0.273 e. The van der Waals surface area contributed by atoms with Gasteiger partial charge in [-0.05, 0) is 54.6 Å². The Kier molecular flexibility index (Phi) is 6.21. The molecule has 0 saturated heterocycles.